The SMILES string of the molecule is CNS(=O)(=O)c1ccc(C(=O)Nc2ccc(OC)c(OCc3ccncc3)c2)cc1. The maximum absolute atomic E-state index is 12.5. The molecule has 1 heterocycles. The number of carbonyl (C=O) groups is 1. The van der Waals surface area contributed by atoms with Crippen molar-refractivity contribution in [2.45, 2.75) is 11.5 Å². The minimum Gasteiger partial charge on any atom is -0.493 e. The Kier molecular flexibility index (Phi) is 6.65. The molecule has 9 heteroatoms. The van der Waals surface area contributed by atoms with Gasteiger partial charge in [-0.2, -0.15) is 0 Å². The second kappa shape index (κ2) is 9.38. The molecule has 0 aliphatic heterocycles. The van der Waals surface area contributed by atoms with Gasteiger partial charge in [0.2, 0.25) is 10.0 Å². The van der Waals surface area contributed by atoms with E-state index in [1.165, 1.54) is 38.4 Å². The smallest absolute Gasteiger partial charge is 0.255 e. The normalized spacial score (nSPS) is 11.0. The summed E-state index contributed by atoms with van der Waals surface area (Å²) in [6.07, 6.45) is 3.36. The minimum atomic E-state index is -3.56. The molecule has 2 N–H and O–H groups in total. The van der Waals surface area contributed by atoms with Gasteiger partial charge in [-0.15, -0.1) is 0 Å². The number of hydrogen-bond acceptors (Lipinski definition) is 6. The molecule has 0 unspecified atom stereocenters. The fourth-order valence-corrected chi connectivity index (χ4v) is 3.34. The van der Waals surface area contributed by atoms with Crippen LogP contribution in [0.25, 0.3) is 0 Å². The second-order valence-electron chi connectivity index (χ2n) is 6.20. The molecule has 0 aliphatic rings. The lowest BCUT2D eigenvalue weighted by Crippen LogP contribution is -2.19. The lowest BCUT2D eigenvalue weighted by Gasteiger charge is -2.13. The molecule has 0 saturated carbocycles. The van der Waals surface area contributed by atoms with Crippen LogP contribution in [0, 0.1) is 0 Å². The molecular formula is C21H21N3O5S. The molecule has 0 saturated heterocycles. The summed E-state index contributed by atoms with van der Waals surface area (Å²) in [7, 11) is -0.695. The van der Waals surface area contributed by atoms with E-state index in [4.69, 9.17) is 9.47 Å². The van der Waals surface area contributed by atoms with Crippen LogP contribution in [0.1, 0.15) is 15.9 Å². The Morgan fingerprint density at radius 1 is 1.00 bits per heavy atom. The zero-order chi connectivity index (χ0) is 21.6. The van der Waals surface area contributed by atoms with E-state index in [2.05, 4.69) is 15.0 Å². The lowest BCUT2D eigenvalue weighted by atomic mass is 10.2. The number of amides is 1. The molecule has 0 fully saturated rings. The molecule has 3 aromatic rings. The molecule has 0 spiro atoms. The maximum atomic E-state index is 12.5. The minimum absolute atomic E-state index is 0.0813. The van der Waals surface area contributed by atoms with Crippen molar-refractivity contribution >= 4 is 21.6 Å². The molecule has 0 aliphatic carbocycles. The molecule has 3 rings (SSSR count). The zero-order valence-electron chi connectivity index (χ0n) is 16.5. The molecule has 1 aromatic heterocycles. The average Bonchev–Trinajstić information content (AvgIpc) is 2.78. The van der Waals surface area contributed by atoms with E-state index in [0.29, 0.717) is 29.4 Å². The molecule has 0 bridgehead atoms. The predicted molar refractivity (Wildman–Crippen MR) is 112 cm³/mol. The van der Waals surface area contributed by atoms with Gasteiger partial charge < -0.3 is 14.8 Å². The largest absolute Gasteiger partial charge is 0.493 e. The number of hydrogen-bond donors (Lipinski definition) is 2. The molecule has 1 amide bonds. The third-order valence-corrected chi connectivity index (χ3v) is 5.69. The van der Waals surface area contributed by atoms with E-state index in [0.717, 1.165) is 5.56 Å². The summed E-state index contributed by atoms with van der Waals surface area (Å²) in [5.41, 5.74) is 1.77. The van der Waals surface area contributed by atoms with Crippen molar-refractivity contribution in [1.29, 1.82) is 0 Å². The van der Waals surface area contributed by atoms with Crippen LogP contribution in [-0.2, 0) is 16.6 Å². The highest BCUT2D eigenvalue weighted by Crippen LogP contribution is 2.31. The summed E-state index contributed by atoms with van der Waals surface area (Å²) in [6.45, 7) is 0.317. The Morgan fingerprint density at radius 2 is 1.70 bits per heavy atom. The van der Waals surface area contributed by atoms with Gasteiger partial charge in [0.15, 0.2) is 11.5 Å². The third-order valence-electron chi connectivity index (χ3n) is 4.26. The second-order valence-corrected chi connectivity index (χ2v) is 8.08. The number of aromatic nitrogens is 1. The molecule has 0 radical (unpaired) electrons. The van der Waals surface area contributed by atoms with Crippen molar-refractivity contribution in [1.82, 2.24) is 9.71 Å². The van der Waals surface area contributed by atoms with Crippen LogP contribution in [0.4, 0.5) is 5.69 Å². The van der Waals surface area contributed by atoms with Gasteiger partial charge in [-0.1, -0.05) is 0 Å². The van der Waals surface area contributed by atoms with Crippen LogP contribution in [0.5, 0.6) is 11.5 Å². The van der Waals surface area contributed by atoms with Gasteiger partial charge in [0.1, 0.15) is 6.61 Å². The highest BCUT2D eigenvalue weighted by molar-refractivity contribution is 7.89. The Balaban J connectivity index is 1.73. The van der Waals surface area contributed by atoms with Crippen LogP contribution in [0.3, 0.4) is 0 Å². The summed E-state index contributed by atoms with van der Waals surface area (Å²) in [5, 5.41) is 2.77. The highest BCUT2D eigenvalue weighted by atomic mass is 32.2. The molecule has 2 aromatic carbocycles. The van der Waals surface area contributed by atoms with E-state index < -0.39 is 10.0 Å². The van der Waals surface area contributed by atoms with Crippen LogP contribution in [0.15, 0.2) is 71.9 Å². The molecular weight excluding hydrogens is 406 g/mol. The van der Waals surface area contributed by atoms with Crippen LogP contribution < -0.4 is 19.5 Å². The number of methoxy groups -OCH3 is 1. The topological polar surface area (TPSA) is 107 Å². The number of benzene rings is 2. The van der Waals surface area contributed by atoms with Crippen molar-refractivity contribution in [3.8, 4) is 11.5 Å². The summed E-state index contributed by atoms with van der Waals surface area (Å²) in [5.74, 6) is 0.625. The van der Waals surface area contributed by atoms with Crippen molar-refractivity contribution in [3.05, 3.63) is 78.1 Å². The van der Waals surface area contributed by atoms with Crippen molar-refractivity contribution < 1.29 is 22.7 Å². The molecule has 0 atom stereocenters. The van der Waals surface area contributed by atoms with Gasteiger partial charge in [0, 0.05) is 29.7 Å². The maximum Gasteiger partial charge on any atom is 0.255 e. The van der Waals surface area contributed by atoms with Gasteiger partial charge >= 0.3 is 0 Å². The Morgan fingerprint density at radius 3 is 2.33 bits per heavy atom. The standard InChI is InChI=1S/C21H21N3O5S/c1-22-30(26,27)18-6-3-16(4-7-18)21(25)24-17-5-8-19(28-2)20(13-17)29-14-15-9-11-23-12-10-15/h3-13,22H,14H2,1-2H3,(H,24,25). The van der Waals surface area contributed by atoms with Crippen molar-refractivity contribution in [3.63, 3.8) is 0 Å². The zero-order valence-corrected chi connectivity index (χ0v) is 17.3. The molecule has 30 heavy (non-hydrogen) atoms. The number of nitrogens with one attached hydrogen (secondary N) is 2. The number of rotatable bonds is 8. The number of carbonyl (C=O) groups excluding carboxylic acids is 1. The number of pyridine rings is 1. The van der Waals surface area contributed by atoms with Gasteiger partial charge in [-0.3, -0.25) is 9.78 Å². The third kappa shape index (κ3) is 5.13. The van der Waals surface area contributed by atoms with Crippen LogP contribution >= 0.6 is 0 Å². The fraction of sp³-hybridized carbons (Fsp3) is 0.143. The first-order valence-electron chi connectivity index (χ1n) is 8.97. The van der Waals surface area contributed by atoms with Gasteiger partial charge in [0.25, 0.3) is 5.91 Å². The number of ether oxygens (including phenoxy) is 2. The molecule has 156 valence electrons. The monoisotopic (exact) mass is 427 g/mol. The first-order valence-corrected chi connectivity index (χ1v) is 10.5. The highest BCUT2D eigenvalue weighted by Gasteiger charge is 2.14. The van der Waals surface area contributed by atoms with Gasteiger partial charge in [0.05, 0.1) is 12.0 Å². The summed E-state index contributed by atoms with van der Waals surface area (Å²) < 4.78 is 37.0. The lowest BCUT2D eigenvalue weighted by molar-refractivity contribution is 0.102. The van der Waals surface area contributed by atoms with Crippen LogP contribution in [0.2, 0.25) is 0 Å². The van der Waals surface area contributed by atoms with E-state index in [1.807, 2.05) is 12.1 Å². The van der Waals surface area contributed by atoms with Crippen LogP contribution in [-0.4, -0.2) is 33.5 Å². The predicted octanol–water partition coefficient (Wildman–Crippen LogP) is 2.83. The summed E-state index contributed by atoms with van der Waals surface area (Å²) >= 11 is 0. The first-order chi connectivity index (χ1) is 14.4. The Hall–Kier alpha value is -3.43. The Labute approximate surface area is 174 Å². The number of sulfonamides is 1. The van der Waals surface area contributed by atoms with E-state index in [1.54, 1.807) is 30.6 Å². The van der Waals surface area contributed by atoms with Crippen molar-refractivity contribution in [2.24, 2.45) is 0 Å². The van der Waals surface area contributed by atoms with E-state index >= 15 is 0 Å². The van der Waals surface area contributed by atoms with Gasteiger partial charge in [-0.25, -0.2) is 13.1 Å². The number of anilines is 1. The quantitative estimate of drug-likeness (QED) is 0.573. The number of nitrogens with zero attached hydrogens (tertiary/aromatic N) is 1. The van der Waals surface area contributed by atoms with E-state index in [9.17, 15) is 13.2 Å². The van der Waals surface area contributed by atoms with E-state index in [-0.39, 0.29) is 10.8 Å². The van der Waals surface area contributed by atoms with Gasteiger partial charge in [-0.05, 0) is 61.1 Å². The Bertz CT molecular complexity index is 1120. The van der Waals surface area contributed by atoms with Crippen molar-refractivity contribution in [2.75, 3.05) is 19.5 Å². The fourth-order valence-electron chi connectivity index (χ4n) is 2.61. The molecule has 8 nitrogen and oxygen atoms in total. The first kappa shape index (κ1) is 21.3. The average molecular weight is 427 g/mol. The summed E-state index contributed by atoms with van der Waals surface area (Å²) in [6, 6.07) is 14.4. The summed E-state index contributed by atoms with van der Waals surface area (Å²) in [4.78, 5) is 16.6.